The number of benzene rings is 1. The van der Waals surface area contributed by atoms with E-state index in [0.717, 1.165) is 30.9 Å². The van der Waals surface area contributed by atoms with Gasteiger partial charge < -0.3 is 15.0 Å². The molecule has 5 heteroatoms. The Balaban J connectivity index is 1.63. The van der Waals surface area contributed by atoms with Gasteiger partial charge in [0.2, 0.25) is 0 Å². The van der Waals surface area contributed by atoms with Crippen LogP contribution in [-0.4, -0.2) is 60.8 Å². The fourth-order valence-electron chi connectivity index (χ4n) is 3.11. The van der Waals surface area contributed by atoms with Crippen LogP contribution < -0.4 is 5.32 Å². The molecular weight excluding hydrogens is 266 g/mol. The van der Waals surface area contributed by atoms with E-state index in [0.29, 0.717) is 13.1 Å². The van der Waals surface area contributed by atoms with Crippen molar-refractivity contribution in [2.24, 2.45) is 0 Å². The molecule has 1 N–H and O–H groups in total. The largest absolute Gasteiger partial charge is 0.369 e. The lowest BCUT2D eigenvalue weighted by molar-refractivity contribution is -0.126. The maximum atomic E-state index is 12.4. The van der Waals surface area contributed by atoms with Gasteiger partial charge in [0, 0.05) is 31.9 Å². The van der Waals surface area contributed by atoms with E-state index in [-0.39, 0.29) is 18.2 Å². The van der Waals surface area contributed by atoms with Crippen LogP contribution in [0.3, 0.4) is 0 Å². The standard InChI is InChI=1S/C16H23N3O2/c1-3-18-8-13-10-19(11-14(9-18)21-13)16(20)17-15-7-5-4-6-12(15)2/h4-7,13-14H,3,8-11H2,1-2H3,(H,17,20)/t13-,14+. The third kappa shape index (κ3) is 3.19. The number of likely N-dealkylation sites (N-methyl/N-ethyl adjacent to an activating group) is 1. The van der Waals surface area contributed by atoms with Crippen LogP contribution in [0.5, 0.6) is 0 Å². The lowest BCUT2D eigenvalue weighted by Crippen LogP contribution is -2.61. The van der Waals surface area contributed by atoms with Gasteiger partial charge in [-0.3, -0.25) is 4.90 Å². The quantitative estimate of drug-likeness (QED) is 0.905. The highest BCUT2D eigenvalue weighted by Crippen LogP contribution is 2.20. The number of anilines is 1. The van der Waals surface area contributed by atoms with E-state index in [2.05, 4.69) is 17.1 Å². The van der Waals surface area contributed by atoms with E-state index < -0.39 is 0 Å². The van der Waals surface area contributed by atoms with Gasteiger partial charge in [-0.05, 0) is 25.1 Å². The second kappa shape index (κ2) is 6.03. The first kappa shape index (κ1) is 14.4. The first-order valence-electron chi connectivity index (χ1n) is 7.65. The van der Waals surface area contributed by atoms with Gasteiger partial charge in [-0.25, -0.2) is 4.79 Å². The maximum Gasteiger partial charge on any atom is 0.322 e. The molecule has 21 heavy (non-hydrogen) atoms. The normalized spacial score (nSPS) is 25.7. The Bertz CT molecular complexity index is 506. The molecule has 114 valence electrons. The lowest BCUT2D eigenvalue weighted by atomic mass is 10.1. The molecule has 0 saturated carbocycles. The summed E-state index contributed by atoms with van der Waals surface area (Å²) in [6.07, 6.45) is 0.278. The van der Waals surface area contributed by atoms with Gasteiger partial charge in [0.1, 0.15) is 0 Å². The molecule has 2 amide bonds. The summed E-state index contributed by atoms with van der Waals surface area (Å²) >= 11 is 0. The van der Waals surface area contributed by atoms with Crippen LogP contribution in [-0.2, 0) is 4.74 Å². The topological polar surface area (TPSA) is 44.8 Å². The van der Waals surface area contributed by atoms with Gasteiger partial charge in [-0.15, -0.1) is 0 Å². The fraction of sp³-hybridized carbons (Fsp3) is 0.562. The third-order valence-electron chi connectivity index (χ3n) is 4.28. The highest BCUT2D eigenvalue weighted by Gasteiger charge is 2.36. The molecule has 2 aliphatic rings. The number of carbonyl (C=O) groups is 1. The number of para-hydroxylation sites is 1. The summed E-state index contributed by atoms with van der Waals surface area (Å²) in [5, 5.41) is 3.01. The zero-order chi connectivity index (χ0) is 14.8. The van der Waals surface area contributed by atoms with E-state index in [1.54, 1.807) is 0 Å². The van der Waals surface area contributed by atoms with Crippen molar-refractivity contribution in [1.29, 1.82) is 0 Å². The molecule has 0 unspecified atom stereocenters. The number of nitrogens with zero attached hydrogens (tertiary/aromatic N) is 2. The smallest absolute Gasteiger partial charge is 0.322 e. The van der Waals surface area contributed by atoms with E-state index in [1.807, 2.05) is 36.1 Å². The van der Waals surface area contributed by atoms with Crippen molar-refractivity contribution in [2.45, 2.75) is 26.1 Å². The Morgan fingerprint density at radius 3 is 2.52 bits per heavy atom. The number of hydrogen-bond acceptors (Lipinski definition) is 3. The Morgan fingerprint density at radius 2 is 1.90 bits per heavy atom. The number of amides is 2. The summed E-state index contributed by atoms with van der Waals surface area (Å²) in [4.78, 5) is 16.7. The highest BCUT2D eigenvalue weighted by atomic mass is 16.5. The van der Waals surface area contributed by atoms with Crippen molar-refractivity contribution < 1.29 is 9.53 Å². The van der Waals surface area contributed by atoms with E-state index in [9.17, 15) is 4.79 Å². The molecular formula is C16H23N3O2. The van der Waals surface area contributed by atoms with Gasteiger partial charge in [0.05, 0.1) is 12.2 Å². The van der Waals surface area contributed by atoms with Crippen LogP contribution in [0.2, 0.25) is 0 Å². The van der Waals surface area contributed by atoms with Crippen LogP contribution in [0.4, 0.5) is 10.5 Å². The average Bonchev–Trinajstić information content (AvgIpc) is 2.48. The van der Waals surface area contributed by atoms with Crippen LogP contribution in [0.15, 0.2) is 24.3 Å². The zero-order valence-corrected chi connectivity index (χ0v) is 12.7. The van der Waals surface area contributed by atoms with Gasteiger partial charge >= 0.3 is 6.03 Å². The highest BCUT2D eigenvalue weighted by molar-refractivity contribution is 5.90. The molecule has 2 saturated heterocycles. The lowest BCUT2D eigenvalue weighted by Gasteiger charge is -2.45. The molecule has 2 heterocycles. The summed E-state index contributed by atoms with van der Waals surface area (Å²) in [6.45, 7) is 8.40. The maximum absolute atomic E-state index is 12.4. The van der Waals surface area contributed by atoms with Crippen LogP contribution >= 0.6 is 0 Å². The van der Waals surface area contributed by atoms with Gasteiger partial charge in [0.25, 0.3) is 0 Å². The number of carbonyl (C=O) groups excluding carboxylic acids is 1. The van der Waals surface area contributed by atoms with Gasteiger partial charge in [-0.2, -0.15) is 0 Å². The van der Waals surface area contributed by atoms with Crippen molar-refractivity contribution in [2.75, 3.05) is 38.0 Å². The molecule has 0 radical (unpaired) electrons. The second-order valence-electron chi connectivity index (χ2n) is 5.88. The van der Waals surface area contributed by atoms with Gasteiger partial charge in [-0.1, -0.05) is 25.1 Å². The number of hydrogen-bond donors (Lipinski definition) is 1. The Labute approximate surface area is 125 Å². The Kier molecular flexibility index (Phi) is 4.12. The van der Waals surface area contributed by atoms with Gasteiger partial charge in [0.15, 0.2) is 0 Å². The minimum atomic E-state index is -0.0208. The predicted molar refractivity (Wildman–Crippen MR) is 82.5 cm³/mol. The summed E-state index contributed by atoms with van der Waals surface area (Å²) in [6, 6.07) is 7.84. The molecule has 5 nitrogen and oxygen atoms in total. The number of ether oxygens (including phenoxy) is 1. The van der Waals surface area contributed by atoms with Crippen molar-refractivity contribution >= 4 is 11.7 Å². The van der Waals surface area contributed by atoms with Crippen molar-refractivity contribution in [3.05, 3.63) is 29.8 Å². The van der Waals surface area contributed by atoms with Crippen LogP contribution in [0.1, 0.15) is 12.5 Å². The SMILES string of the molecule is CCN1C[C@@H]2CN(C(=O)Nc3ccccc3C)C[C@H](C1)O2. The van der Waals surface area contributed by atoms with E-state index in [4.69, 9.17) is 4.74 Å². The van der Waals surface area contributed by atoms with Crippen molar-refractivity contribution in [1.82, 2.24) is 9.80 Å². The molecule has 1 aromatic carbocycles. The molecule has 2 atom stereocenters. The number of urea groups is 1. The minimum Gasteiger partial charge on any atom is -0.369 e. The summed E-state index contributed by atoms with van der Waals surface area (Å²) < 4.78 is 5.95. The summed E-state index contributed by atoms with van der Waals surface area (Å²) in [5.74, 6) is 0. The number of nitrogens with one attached hydrogen (secondary N) is 1. The van der Waals surface area contributed by atoms with Crippen molar-refractivity contribution in [3.63, 3.8) is 0 Å². The average molecular weight is 289 g/mol. The third-order valence-corrected chi connectivity index (χ3v) is 4.28. The van der Waals surface area contributed by atoms with Crippen LogP contribution in [0.25, 0.3) is 0 Å². The zero-order valence-electron chi connectivity index (χ0n) is 12.7. The first-order valence-corrected chi connectivity index (χ1v) is 7.65. The molecule has 0 aromatic heterocycles. The second-order valence-corrected chi connectivity index (χ2v) is 5.88. The Hall–Kier alpha value is -1.59. The number of fused-ring (bicyclic) bond motifs is 2. The number of aryl methyl sites for hydroxylation is 1. The van der Waals surface area contributed by atoms with E-state index >= 15 is 0 Å². The summed E-state index contributed by atoms with van der Waals surface area (Å²) in [7, 11) is 0. The van der Waals surface area contributed by atoms with E-state index in [1.165, 1.54) is 0 Å². The number of morpholine rings is 2. The molecule has 0 spiro atoms. The molecule has 0 aliphatic carbocycles. The molecule has 2 fully saturated rings. The van der Waals surface area contributed by atoms with Crippen molar-refractivity contribution in [3.8, 4) is 0 Å². The summed E-state index contributed by atoms with van der Waals surface area (Å²) in [5.41, 5.74) is 1.96. The van der Waals surface area contributed by atoms with Crippen LogP contribution in [0, 0.1) is 6.92 Å². The predicted octanol–water partition coefficient (Wildman–Crippen LogP) is 1.93. The number of rotatable bonds is 2. The molecule has 3 rings (SSSR count). The Morgan fingerprint density at radius 1 is 1.24 bits per heavy atom. The molecule has 2 aliphatic heterocycles. The molecule has 2 bridgehead atoms. The minimum absolute atomic E-state index is 0.0208. The fourth-order valence-corrected chi connectivity index (χ4v) is 3.11. The monoisotopic (exact) mass is 289 g/mol. The first-order chi connectivity index (χ1) is 10.2. The molecule has 1 aromatic rings.